The van der Waals surface area contributed by atoms with E-state index in [1.165, 1.54) is 5.56 Å². The van der Waals surface area contributed by atoms with E-state index in [2.05, 4.69) is 6.92 Å². The molecule has 2 aromatic carbocycles. The topological polar surface area (TPSA) is 52.6 Å². The van der Waals surface area contributed by atoms with Gasteiger partial charge in [-0.1, -0.05) is 61.5 Å². The predicted molar refractivity (Wildman–Crippen MR) is 89.6 cm³/mol. The molecule has 0 aliphatic carbocycles. The zero-order chi connectivity index (χ0) is 16.9. The Hall–Kier alpha value is -2.30. The molecule has 0 spiro atoms. The minimum atomic E-state index is -0.922. The average molecular weight is 324 g/mol. The van der Waals surface area contributed by atoms with Crippen LogP contribution in [0.5, 0.6) is 0 Å². The Balaban J connectivity index is 1.84. The maximum atomic E-state index is 12.1. The van der Waals surface area contributed by atoms with Crippen molar-refractivity contribution in [2.75, 3.05) is 6.61 Å². The minimum Gasteiger partial charge on any atom is -0.367 e. The number of carbonyl (C=O) groups excluding carboxylic acids is 2. The van der Waals surface area contributed by atoms with E-state index in [0.717, 1.165) is 17.5 Å². The number of aldehydes is 1. The van der Waals surface area contributed by atoms with Gasteiger partial charge in [0.2, 0.25) is 5.78 Å². The van der Waals surface area contributed by atoms with Crippen molar-refractivity contribution < 1.29 is 19.1 Å². The molecule has 2 aromatic rings. The highest BCUT2D eigenvalue weighted by molar-refractivity contribution is 6.27. The Bertz CT molecular complexity index is 693. The lowest BCUT2D eigenvalue weighted by molar-refractivity contribution is -0.190. The molecule has 0 bridgehead atoms. The van der Waals surface area contributed by atoms with Gasteiger partial charge < -0.3 is 9.47 Å². The second kappa shape index (κ2) is 7.51. The number of benzene rings is 2. The predicted octanol–water partition coefficient (Wildman–Crippen LogP) is 3.21. The maximum Gasteiger partial charge on any atom is 0.226 e. The first-order valence-corrected chi connectivity index (χ1v) is 8.12. The fraction of sp³-hybridized carbons (Fsp3) is 0.300. The molecule has 0 saturated carbocycles. The Morgan fingerprint density at radius 1 is 1.08 bits per heavy atom. The van der Waals surface area contributed by atoms with E-state index >= 15 is 0 Å². The summed E-state index contributed by atoms with van der Waals surface area (Å²) >= 11 is 0. The molecule has 1 saturated heterocycles. The van der Waals surface area contributed by atoms with E-state index in [0.29, 0.717) is 12.9 Å². The Morgan fingerprint density at radius 2 is 1.79 bits per heavy atom. The van der Waals surface area contributed by atoms with E-state index in [1.54, 1.807) is 0 Å². The number of ketones is 1. The van der Waals surface area contributed by atoms with Crippen LogP contribution < -0.4 is 0 Å². The summed E-state index contributed by atoms with van der Waals surface area (Å²) in [5, 5.41) is 0. The molecule has 4 nitrogen and oxygen atoms in total. The molecule has 1 aliphatic heterocycles. The zero-order valence-corrected chi connectivity index (χ0v) is 13.6. The van der Waals surface area contributed by atoms with E-state index in [1.807, 2.05) is 54.6 Å². The summed E-state index contributed by atoms with van der Waals surface area (Å²) in [7, 11) is 0. The van der Waals surface area contributed by atoms with Crippen molar-refractivity contribution in [3.05, 3.63) is 71.3 Å². The van der Waals surface area contributed by atoms with Crippen LogP contribution in [0.1, 0.15) is 35.8 Å². The van der Waals surface area contributed by atoms with Gasteiger partial charge in [-0.3, -0.25) is 9.59 Å². The van der Waals surface area contributed by atoms with Gasteiger partial charge >= 0.3 is 0 Å². The fourth-order valence-corrected chi connectivity index (χ4v) is 2.91. The van der Waals surface area contributed by atoms with Crippen LogP contribution in [0.2, 0.25) is 0 Å². The third kappa shape index (κ3) is 3.45. The Labute approximate surface area is 141 Å². The van der Waals surface area contributed by atoms with Crippen LogP contribution in [0.3, 0.4) is 0 Å². The highest BCUT2D eigenvalue weighted by atomic mass is 16.6. The van der Waals surface area contributed by atoms with Gasteiger partial charge in [0.1, 0.15) is 12.2 Å². The van der Waals surface area contributed by atoms with Gasteiger partial charge in [-0.15, -0.1) is 0 Å². The van der Waals surface area contributed by atoms with Crippen molar-refractivity contribution in [2.24, 2.45) is 0 Å². The van der Waals surface area contributed by atoms with Crippen LogP contribution in [0, 0.1) is 0 Å². The Kier molecular flexibility index (Phi) is 5.18. The number of rotatable bonds is 5. The lowest BCUT2D eigenvalue weighted by atomic mass is 9.97. The summed E-state index contributed by atoms with van der Waals surface area (Å²) in [6, 6.07) is 17.4. The van der Waals surface area contributed by atoms with Crippen LogP contribution in [0.15, 0.2) is 54.6 Å². The van der Waals surface area contributed by atoms with Crippen LogP contribution >= 0.6 is 0 Å². The SMILES string of the molecule is CCc1ccc(C2OCC(c3ccccc3)OC2C(=O)C=O)cc1. The summed E-state index contributed by atoms with van der Waals surface area (Å²) in [5.41, 5.74) is 2.98. The van der Waals surface area contributed by atoms with Gasteiger partial charge in [-0.25, -0.2) is 0 Å². The number of Topliss-reactive ketones (excluding diaryl/α,β-unsaturated/α-hetero) is 1. The Morgan fingerprint density at radius 3 is 2.42 bits per heavy atom. The number of aryl methyl sites for hydroxylation is 1. The maximum absolute atomic E-state index is 12.1. The lowest BCUT2D eigenvalue weighted by Crippen LogP contribution is -2.40. The van der Waals surface area contributed by atoms with Gasteiger partial charge in [-0.05, 0) is 23.1 Å². The zero-order valence-electron chi connectivity index (χ0n) is 13.6. The number of carbonyl (C=O) groups is 2. The van der Waals surface area contributed by atoms with Crippen LogP contribution in [-0.2, 0) is 25.5 Å². The van der Waals surface area contributed by atoms with Crippen molar-refractivity contribution in [2.45, 2.75) is 31.7 Å². The number of hydrogen-bond donors (Lipinski definition) is 0. The van der Waals surface area contributed by atoms with E-state index < -0.39 is 18.0 Å². The van der Waals surface area contributed by atoms with Crippen molar-refractivity contribution >= 4 is 12.1 Å². The molecule has 0 aromatic heterocycles. The molecule has 0 N–H and O–H groups in total. The standard InChI is InChI=1S/C20H20O4/c1-2-14-8-10-16(11-9-14)19-20(17(22)12-21)24-18(13-23-19)15-6-4-3-5-7-15/h3-12,18-20H,2,13H2,1H3. The first-order valence-electron chi connectivity index (χ1n) is 8.12. The molecular formula is C20H20O4. The highest BCUT2D eigenvalue weighted by Crippen LogP contribution is 2.35. The molecule has 0 amide bonds. The van der Waals surface area contributed by atoms with Crippen molar-refractivity contribution in [1.82, 2.24) is 0 Å². The summed E-state index contributed by atoms with van der Waals surface area (Å²) < 4.78 is 11.9. The first kappa shape index (κ1) is 16.6. The molecule has 1 aliphatic rings. The first-order chi connectivity index (χ1) is 11.7. The quantitative estimate of drug-likeness (QED) is 0.626. The lowest BCUT2D eigenvalue weighted by Gasteiger charge is -2.35. The molecule has 1 heterocycles. The molecule has 24 heavy (non-hydrogen) atoms. The monoisotopic (exact) mass is 324 g/mol. The van der Waals surface area contributed by atoms with E-state index in [9.17, 15) is 9.59 Å². The van der Waals surface area contributed by atoms with Crippen molar-refractivity contribution in [3.63, 3.8) is 0 Å². The van der Waals surface area contributed by atoms with Gasteiger partial charge in [0.15, 0.2) is 12.4 Å². The van der Waals surface area contributed by atoms with Crippen molar-refractivity contribution in [1.29, 1.82) is 0 Å². The molecular weight excluding hydrogens is 304 g/mol. The van der Waals surface area contributed by atoms with Gasteiger partial charge in [0, 0.05) is 0 Å². The molecule has 3 atom stereocenters. The van der Waals surface area contributed by atoms with Crippen molar-refractivity contribution in [3.8, 4) is 0 Å². The third-order valence-electron chi connectivity index (χ3n) is 4.30. The minimum absolute atomic E-state index is 0.314. The smallest absolute Gasteiger partial charge is 0.226 e. The molecule has 1 fully saturated rings. The molecule has 4 heteroatoms. The number of ether oxygens (including phenoxy) is 2. The van der Waals surface area contributed by atoms with E-state index in [-0.39, 0.29) is 6.10 Å². The highest BCUT2D eigenvalue weighted by Gasteiger charge is 2.38. The molecule has 0 radical (unpaired) electrons. The second-order valence-electron chi connectivity index (χ2n) is 5.83. The van der Waals surface area contributed by atoms with Gasteiger partial charge in [0.05, 0.1) is 6.61 Å². The largest absolute Gasteiger partial charge is 0.367 e. The van der Waals surface area contributed by atoms with Crippen LogP contribution in [0.4, 0.5) is 0 Å². The summed E-state index contributed by atoms with van der Waals surface area (Å²) in [5.74, 6) is -0.597. The average Bonchev–Trinajstić information content (AvgIpc) is 2.67. The second-order valence-corrected chi connectivity index (χ2v) is 5.83. The molecule has 124 valence electrons. The van der Waals surface area contributed by atoms with Gasteiger partial charge in [0.25, 0.3) is 0 Å². The third-order valence-corrected chi connectivity index (χ3v) is 4.30. The summed E-state index contributed by atoms with van der Waals surface area (Å²) in [6.07, 6.45) is -0.585. The van der Waals surface area contributed by atoms with Crippen LogP contribution in [0.25, 0.3) is 0 Å². The van der Waals surface area contributed by atoms with Crippen LogP contribution in [-0.4, -0.2) is 24.8 Å². The summed E-state index contributed by atoms with van der Waals surface area (Å²) in [4.78, 5) is 23.1. The normalized spacial score (nSPS) is 23.6. The number of hydrogen-bond acceptors (Lipinski definition) is 4. The molecule has 3 rings (SSSR count). The van der Waals surface area contributed by atoms with E-state index in [4.69, 9.17) is 9.47 Å². The van der Waals surface area contributed by atoms with Gasteiger partial charge in [-0.2, -0.15) is 0 Å². The summed E-state index contributed by atoms with van der Waals surface area (Å²) in [6.45, 7) is 2.42. The fourth-order valence-electron chi connectivity index (χ4n) is 2.91. The molecule has 3 unspecified atom stereocenters.